The summed E-state index contributed by atoms with van der Waals surface area (Å²) in [7, 11) is 0. The van der Waals surface area contributed by atoms with Crippen LogP contribution in [-0.4, -0.2) is 18.2 Å². The van der Waals surface area contributed by atoms with E-state index in [1.165, 1.54) is 5.56 Å². The lowest BCUT2D eigenvalue weighted by molar-refractivity contribution is -0.122. The van der Waals surface area contributed by atoms with Gasteiger partial charge in [0.15, 0.2) is 0 Å². The summed E-state index contributed by atoms with van der Waals surface area (Å²) in [5.41, 5.74) is 5.86. The Morgan fingerprint density at radius 1 is 1.16 bits per heavy atom. The van der Waals surface area contributed by atoms with Gasteiger partial charge in [-0.05, 0) is 37.0 Å². The Labute approximate surface area is 147 Å². The van der Waals surface area contributed by atoms with E-state index in [0.717, 1.165) is 23.3 Å². The van der Waals surface area contributed by atoms with Gasteiger partial charge >= 0.3 is 0 Å². The van der Waals surface area contributed by atoms with Gasteiger partial charge in [0.2, 0.25) is 5.91 Å². The molecule has 3 atom stereocenters. The summed E-state index contributed by atoms with van der Waals surface area (Å²) in [6.07, 6.45) is 4.52. The molecule has 1 heterocycles. The van der Waals surface area contributed by atoms with Crippen LogP contribution in [0.15, 0.2) is 65.3 Å². The smallest absolute Gasteiger partial charge is 0.243 e. The molecule has 1 aliphatic heterocycles. The molecule has 4 rings (SSSR count). The number of hydrazone groups is 1. The molecule has 1 fully saturated rings. The van der Waals surface area contributed by atoms with Crippen molar-refractivity contribution in [2.45, 2.75) is 25.4 Å². The summed E-state index contributed by atoms with van der Waals surface area (Å²) in [6, 6.07) is 18.0. The number of benzene rings is 2. The van der Waals surface area contributed by atoms with E-state index in [0.29, 0.717) is 5.92 Å². The second-order valence-corrected chi connectivity index (χ2v) is 6.54. The van der Waals surface area contributed by atoms with Crippen molar-refractivity contribution in [3.05, 3.63) is 71.3 Å². The van der Waals surface area contributed by atoms with Crippen LogP contribution in [0.4, 0.5) is 0 Å². The van der Waals surface area contributed by atoms with E-state index in [2.05, 4.69) is 22.7 Å². The number of carbonyl (C=O) groups is 1. The SMILES string of the molecule is CC1Oc2ccccc2C=C1/C=N/NC(=O)[C@H]1C[C@@H]1c1ccccc1. The Kier molecular flexibility index (Phi) is 4.10. The van der Waals surface area contributed by atoms with Gasteiger partial charge in [-0.15, -0.1) is 0 Å². The highest BCUT2D eigenvalue weighted by Gasteiger charge is 2.43. The summed E-state index contributed by atoms with van der Waals surface area (Å²) in [6.45, 7) is 1.97. The summed E-state index contributed by atoms with van der Waals surface area (Å²) in [5, 5.41) is 4.13. The molecule has 2 aliphatic rings. The first kappa shape index (κ1) is 15.6. The van der Waals surface area contributed by atoms with Crippen LogP contribution < -0.4 is 10.2 Å². The molecule has 1 N–H and O–H groups in total. The number of nitrogens with one attached hydrogen (secondary N) is 1. The van der Waals surface area contributed by atoms with Crippen LogP contribution >= 0.6 is 0 Å². The summed E-state index contributed by atoms with van der Waals surface area (Å²) >= 11 is 0. The normalized spacial score (nSPS) is 24.2. The Bertz CT molecular complexity index is 842. The molecule has 126 valence electrons. The molecule has 1 saturated carbocycles. The molecular weight excluding hydrogens is 312 g/mol. The zero-order valence-electron chi connectivity index (χ0n) is 14.1. The van der Waals surface area contributed by atoms with E-state index in [-0.39, 0.29) is 17.9 Å². The number of fused-ring (bicyclic) bond motifs is 1. The Morgan fingerprint density at radius 3 is 2.76 bits per heavy atom. The lowest BCUT2D eigenvalue weighted by atomic mass is 10.0. The number of para-hydroxylation sites is 1. The zero-order chi connectivity index (χ0) is 17.2. The zero-order valence-corrected chi connectivity index (χ0v) is 14.1. The van der Waals surface area contributed by atoms with Crippen LogP contribution in [0.1, 0.15) is 30.4 Å². The minimum atomic E-state index is -0.0893. The quantitative estimate of drug-likeness (QED) is 0.685. The van der Waals surface area contributed by atoms with Crippen molar-refractivity contribution in [2.24, 2.45) is 11.0 Å². The first-order valence-corrected chi connectivity index (χ1v) is 8.57. The number of rotatable bonds is 4. The third-order valence-electron chi connectivity index (χ3n) is 4.76. The maximum Gasteiger partial charge on any atom is 0.243 e. The maximum absolute atomic E-state index is 12.2. The van der Waals surface area contributed by atoms with Crippen LogP contribution in [0.2, 0.25) is 0 Å². The average Bonchev–Trinajstić information content (AvgIpc) is 3.44. The highest BCUT2D eigenvalue weighted by atomic mass is 16.5. The van der Waals surface area contributed by atoms with Crippen molar-refractivity contribution in [1.82, 2.24) is 5.43 Å². The fraction of sp³-hybridized carbons (Fsp3) is 0.238. The largest absolute Gasteiger partial charge is 0.485 e. The van der Waals surface area contributed by atoms with E-state index >= 15 is 0 Å². The van der Waals surface area contributed by atoms with Crippen LogP contribution in [0.3, 0.4) is 0 Å². The standard InChI is InChI=1S/C21H20N2O2/c1-14-17(11-16-9-5-6-10-20(16)25-14)13-22-23-21(24)19-12-18(19)15-7-3-2-4-8-15/h2-11,13-14,18-19H,12H2,1H3,(H,23,24)/b22-13+/t14?,18-,19+/m1/s1. The molecule has 4 heteroatoms. The van der Waals surface area contributed by atoms with Crippen molar-refractivity contribution >= 4 is 18.2 Å². The van der Waals surface area contributed by atoms with Crippen LogP contribution in [0.5, 0.6) is 5.75 Å². The minimum Gasteiger partial charge on any atom is -0.485 e. The maximum atomic E-state index is 12.2. The molecule has 0 radical (unpaired) electrons. The molecule has 2 aromatic rings. The average molecular weight is 332 g/mol. The summed E-state index contributed by atoms with van der Waals surface area (Å²) < 4.78 is 5.86. The molecule has 25 heavy (non-hydrogen) atoms. The molecule has 1 amide bonds. The molecule has 0 bridgehead atoms. The topological polar surface area (TPSA) is 50.7 Å². The van der Waals surface area contributed by atoms with Crippen LogP contribution in [0.25, 0.3) is 6.08 Å². The Morgan fingerprint density at radius 2 is 1.92 bits per heavy atom. The number of hydrogen-bond acceptors (Lipinski definition) is 3. The molecule has 0 spiro atoms. The number of ether oxygens (including phenoxy) is 1. The second kappa shape index (κ2) is 6.55. The van der Waals surface area contributed by atoms with Crippen molar-refractivity contribution < 1.29 is 9.53 Å². The first-order valence-electron chi connectivity index (χ1n) is 8.57. The molecule has 0 saturated heterocycles. The number of hydrogen-bond donors (Lipinski definition) is 1. The number of nitrogens with zero attached hydrogens (tertiary/aromatic N) is 1. The fourth-order valence-electron chi connectivity index (χ4n) is 3.21. The summed E-state index contributed by atoms with van der Waals surface area (Å²) in [5.74, 6) is 1.20. The highest BCUT2D eigenvalue weighted by Crippen LogP contribution is 2.47. The van der Waals surface area contributed by atoms with Gasteiger partial charge in [-0.2, -0.15) is 5.10 Å². The van der Waals surface area contributed by atoms with E-state index in [1.807, 2.05) is 55.5 Å². The second-order valence-electron chi connectivity index (χ2n) is 6.54. The van der Waals surface area contributed by atoms with Gasteiger partial charge in [0.25, 0.3) is 0 Å². The van der Waals surface area contributed by atoms with Crippen molar-refractivity contribution in [1.29, 1.82) is 0 Å². The lowest BCUT2D eigenvalue weighted by Crippen LogP contribution is -2.23. The Balaban J connectivity index is 1.37. The molecule has 2 aromatic carbocycles. The predicted molar refractivity (Wildman–Crippen MR) is 98.4 cm³/mol. The minimum absolute atomic E-state index is 0.0181. The summed E-state index contributed by atoms with van der Waals surface area (Å²) in [4.78, 5) is 12.2. The van der Waals surface area contributed by atoms with Crippen molar-refractivity contribution in [2.75, 3.05) is 0 Å². The molecule has 1 unspecified atom stereocenters. The first-order chi connectivity index (χ1) is 12.2. The van der Waals surface area contributed by atoms with Crippen LogP contribution in [0, 0.1) is 5.92 Å². The van der Waals surface area contributed by atoms with Crippen LogP contribution in [-0.2, 0) is 4.79 Å². The number of amides is 1. The molecule has 1 aliphatic carbocycles. The van der Waals surface area contributed by atoms with E-state index < -0.39 is 0 Å². The van der Waals surface area contributed by atoms with E-state index in [9.17, 15) is 4.79 Å². The number of carbonyl (C=O) groups excluding carboxylic acids is 1. The van der Waals surface area contributed by atoms with Gasteiger partial charge in [0, 0.05) is 17.1 Å². The highest BCUT2D eigenvalue weighted by molar-refractivity contribution is 5.90. The molecule has 0 aromatic heterocycles. The monoisotopic (exact) mass is 332 g/mol. The molecule has 4 nitrogen and oxygen atoms in total. The van der Waals surface area contributed by atoms with Gasteiger partial charge in [-0.3, -0.25) is 4.79 Å². The van der Waals surface area contributed by atoms with Crippen molar-refractivity contribution in [3.8, 4) is 5.75 Å². The third-order valence-corrected chi connectivity index (χ3v) is 4.76. The van der Waals surface area contributed by atoms with Gasteiger partial charge in [0.05, 0.1) is 6.21 Å². The van der Waals surface area contributed by atoms with Crippen molar-refractivity contribution in [3.63, 3.8) is 0 Å². The lowest BCUT2D eigenvalue weighted by Gasteiger charge is -2.22. The molecular formula is C21H20N2O2. The predicted octanol–water partition coefficient (Wildman–Crippen LogP) is 3.76. The fourth-order valence-corrected chi connectivity index (χ4v) is 3.21. The van der Waals surface area contributed by atoms with E-state index in [4.69, 9.17) is 4.74 Å². The third kappa shape index (κ3) is 3.33. The van der Waals surface area contributed by atoms with Gasteiger partial charge in [-0.25, -0.2) is 5.43 Å². The van der Waals surface area contributed by atoms with Gasteiger partial charge in [-0.1, -0.05) is 48.5 Å². The van der Waals surface area contributed by atoms with Gasteiger partial charge in [0.1, 0.15) is 11.9 Å². The Hall–Kier alpha value is -2.88. The van der Waals surface area contributed by atoms with E-state index in [1.54, 1.807) is 6.21 Å². The van der Waals surface area contributed by atoms with Gasteiger partial charge < -0.3 is 4.74 Å².